The maximum Gasteiger partial charge on any atom is 0.263 e. The van der Waals surface area contributed by atoms with Crippen molar-refractivity contribution >= 4 is 0 Å². The molecule has 0 aromatic heterocycles. The third kappa shape index (κ3) is 0.991. The van der Waals surface area contributed by atoms with Gasteiger partial charge in [-0.1, -0.05) is 30.3 Å². The second kappa shape index (κ2) is 2.79. The minimum absolute atomic E-state index is 0.446. The molecule has 80 valence electrons. The molecular formula is C12H13F2N. The molecule has 2 fully saturated rings. The summed E-state index contributed by atoms with van der Waals surface area (Å²) in [5, 5.41) is 3.05. The monoisotopic (exact) mass is 209 g/mol. The molecule has 3 heteroatoms. The van der Waals surface area contributed by atoms with Gasteiger partial charge in [-0.3, -0.25) is 0 Å². The summed E-state index contributed by atoms with van der Waals surface area (Å²) in [6.07, 6.45) is 0.550. The molecule has 0 spiro atoms. The van der Waals surface area contributed by atoms with Crippen molar-refractivity contribution in [2.75, 3.05) is 13.1 Å². The first kappa shape index (κ1) is 9.28. The molecule has 2 atom stereocenters. The normalized spacial score (nSPS) is 37.1. The van der Waals surface area contributed by atoms with Crippen molar-refractivity contribution in [2.45, 2.75) is 17.8 Å². The van der Waals surface area contributed by atoms with Crippen LogP contribution in [0.3, 0.4) is 0 Å². The lowest BCUT2D eigenvalue weighted by atomic mass is 9.87. The zero-order chi connectivity index (χ0) is 10.5. The van der Waals surface area contributed by atoms with E-state index >= 15 is 0 Å². The van der Waals surface area contributed by atoms with Gasteiger partial charge in [0.2, 0.25) is 0 Å². The number of fused-ring (bicyclic) bond motifs is 1. The lowest BCUT2D eigenvalue weighted by Gasteiger charge is -2.21. The van der Waals surface area contributed by atoms with E-state index < -0.39 is 17.3 Å². The lowest BCUT2D eigenvalue weighted by Crippen LogP contribution is -2.31. The Hall–Kier alpha value is -0.960. The maximum atomic E-state index is 13.8. The second-order valence-electron chi connectivity index (χ2n) is 4.47. The number of piperidine rings is 1. The van der Waals surface area contributed by atoms with Crippen LogP contribution >= 0.6 is 0 Å². The van der Waals surface area contributed by atoms with Gasteiger partial charge in [-0.2, -0.15) is 0 Å². The summed E-state index contributed by atoms with van der Waals surface area (Å²) in [4.78, 5) is 0. The van der Waals surface area contributed by atoms with Gasteiger partial charge in [-0.15, -0.1) is 0 Å². The fourth-order valence-electron chi connectivity index (χ4n) is 2.98. The first-order valence-corrected chi connectivity index (χ1v) is 5.33. The van der Waals surface area contributed by atoms with Gasteiger partial charge in [0.25, 0.3) is 5.92 Å². The Morgan fingerprint density at radius 1 is 1.20 bits per heavy atom. The van der Waals surface area contributed by atoms with Crippen LogP contribution in [0.15, 0.2) is 30.3 Å². The minimum Gasteiger partial charge on any atom is -0.316 e. The molecule has 15 heavy (non-hydrogen) atoms. The van der Waals surface area contributed by atoms with Crippen molar-refractivity contribution in [3.63, 3.8) is 0 Å². The van der Waals surface area contributed by atoms with Crippen LogP contribution in [0.1, 0.15) is 12.0 Å². The molecule has 0 radical (unpaired) electrons. The number of benzene rings is 1. The van der Waals surface area contributed by atoms with Gasteiger partial charge >= 0.3 is 0 Å². The van der Waals surface area contributed by atoms with E-state index in [1.165, 1.54) is 0 Å². The van der Waals surface area contributed by atoms with E-state index in [0.717, 1.165) is 5.56 Å². The van der Waals surface area contributed by atoms with E-state index in [-0.39, 0.29) is 0 Å². The Bertz CT molecular complexity index is 376. The van der Waals surface area contributed by atoms with Crippen molar-refractivity contribution < 1.29 is 8.78 Å². The molecule has 2 aliphatic rings. The van der Waals surface area contributed by atoms with Crippen LogP contribution in [0.25, 0.3) is 0 Å². The summed E-state index contributed by atoms with van der Waals surface area (Å²) in [6.45, 7) is 1.14. The number of alkyl halides is 2. The quantitative estimate of drug-likeness (QED) is 0.747. The Morgan fingerprint density at radius 2 is 1.93 bits per heavy atom. The van der Waals surface area contributed by atoms with E-state index in [4.69, 9.17) is 0 Å². The highest BCUT2D eigenvalue weighted by molar-refractivity contribution is 5.42. The van der Waals surface area contributed by atoms with Crippen LogP contribution in [0, 0.1) is 5.92 Å². The zero-order valence-corrected chi connectivity index (χ0v) is 8.34. The number of nitrogens with one attached hydrogen (secondary N) is 1. The first-order chi connectivity index (χ1) is 7.19. The number of rotatable bonds is 1. The fourth-order valence-corrected chi connectivity index (χ4v) is 2.98. The molecule has 1 aromatic carbocycles. The first-order valence-electron chi connectivity index (χ1n) is 5.33. The molecule has 1 N–H and O–H groups in total. The zero-order valence-electron chi connectivity index (χ0n) is 8.34. The molecule has 1 aliphatic carbocycles. The molecule has 1 nitrogen and oxygen atoms in total. The van der Waals surface area contributed by atoms with Crippen LogP contribution in [-0.4, -0.2) is 19.0 Å². The summed E-state index contributed by atoms with van der Waals surface area (Å²) in [6, 6.07) is 9.23. The molecule has 0 bridgehead atoms. The minimum atomic E-state index is -2.52. The summed E-state index contributed by atoms with van der Waals surface area (Å²) < 4.78 is 27.6. The Labute approximate surface area is 87.5 Å². The molecular weight excluding hydrogens is 196 g/mol. The highest BCUT2D eigenvalue weighted by Crippen LogP contribution is 2.69. The summed E-state index contributed by atoms with van der Waals surface area (Å²) in [7, 11) is 0. The largest absolute Gasteiger partial charge is 0.316 e. The molecule has 1 saturated heterocycles. The van der Waals surface area contributed by atoms with E-state index in [2.05, 4.69) is 5.32 Å². The van der Waals surface area contributed by atoms with Crippen LogP contribution in [0.5, 0.6) is 0 Å². The van der Waals surface area contributed by atoms with Gasteiger partial charge in [0.15, 0.2) is 0 Å². The van der Waals surface area contributed by atoms with E-state index in [1.54, 1.807) is 0 Å². The van der Waals surface area contributed by atoms with Crippen molar-refractivity contribution in [1.29, 1.82) is 0 Å². The molecule has 0 unspecified atom stereocenters. The van der Waals surface area contributed by atoms with Crippen molar-refractivity contribution in [2.24, 2.45) is 5.92 Å². The van der Waals surface area contributed by atoms with E-state index in [1.807, 2.05) is 30.3 Å². The van der Waals surface area contributed by atoms with Gasteiger partial charge in [0.05, 0.1) is 11.3 Å². The maximum absolute atomic E-state index is 13.8. The number of hydrogen-bond acceptors (Lipinski definition) is 1. The van der Waals surface area contributed by atoms with Gasteiger partial charge in [0, 0.05) is 6.54 Å². The third-order valence-corrected chi connectivity index (χ3v) is 3.88. The summed E-state index contributed by atoms with van der Waals surface area (Å²) in [5.41, 5.74) is -0.0547. The highest BCUT2D eigenvalue weighted by atomic mass is 19.3. The van der Waals surface area contributed by atoms with Gasteiger partial charge in [-0.05, 0) is 18.5 Å². The predicted octanol–water partition coefficient (Wildman–Crippen LogP) is 2.18. The topological polar surface area (TPSA) is 12.0 Å². The van der Waals surface area contributed by atoms with E-state index in [9.17, 15) is 8.78 Å². The fraction of sp³-hybridized carbons (Fsp3) is 0.500. The Kier molecular flexibility index (Phi) is 1.72. The molecule has 1 heterocycles. The highest BCUT2D eigenvalue weighted by Gasteiger charge is 2.80. The van der Waals surface area contributed by atoms with Crippen molar-refractivity contribution in [3.8, 4) is 0 Å². The van der Waals surface area contributed by atoms with Gasteiger partial charge < -0.3 is 5.32 Å². The molecule has 1 aromatic rings. The number of halogens is 2. The van der Waals surface area contributed by atoms with Crippen molar-refractivity contribution in [3.05, 3.63) is 35.9 Å². The molecule has 1 saturated carbocycles. The Balaban J connectivity index is 2.04. The van der Waals surface area contributed by atoms with Gasteiger partial charge in [0.1, 0.15) is 0 Å². The lowest BCUT2D eigenvalue weighted by molar-refractivity contribution is 0.0781. The molecule has 0 amide bonds. The summed E-state index contributed by atoms with van der Waals surface area (Å²) in [5.74, 6) is -3.01. The van der Waals surface area contributed by atoms with Gasteiger partial charge in [-0.25, -0.2) is 8.78 Å². The summed E-state index contributed by atoms with van der Waals surface area (Å²) >= 11 is 0. The SMILES string of the molecule is FC1(F)[C@@H]2CNCC[C@]21c1ccccc1. The predicted molar refractivity (Wildman–Crippen MR) is 54.0 cm³/mol. The molecule has 3 rings (SSSR count). The number of hydrogen-bond donors (Lipinski definition) is 1. The van der Waals surface area contributed by atoms with E-state index in [0.29, 0.717) is 19.5 Å². The standard InChI is InChI=1S/C12H13F2N/c13-12(14)10-8-15-7-6-11(10,12)9-4-2-1-3-5-9/h1-5,10,15H,6-8H2/t10-,11+/m1/s1. The van der Waals surface area contributed by atoms with Crippen LogP contribution < -0.4 is 5.32 Å². The smallest absolute Gasteiger partial charge is 0.263 e. The second-order valence-corrected chi connectivity index (χ2v) is 4.47. The van der Waals surface area contributed by atoms with Crippen LogP contribution in [-0.2, 0) is 5.41 Å². The van der Waals surface area contributed by atoms with Crippen LogP contribution in [0.4, 0.5) is 8.78 Å². The van der Waals surface area contributed by atoms with Crippen molar-refractivity contribution in [1.82, 2.24) is 5.32 Å². The Morgan fingerprint density at radius 3 is 2.60 bits per heavy atom. The third-order valence-electron chi connectivity index (χ3n) is 3.88. The average Bonchev–Trinajstić information content (AvgIpc) is 2.80. The average molecular weight is 209 g/mol. The van der Waals surface area contributed by atoms with Crippen LogP contribution in [0.2, 0.25) is 0 Å². The molecule has 1 aliphatic heterocycles.